The first kappa shape index (κ1) is 17.8. The summed E-state index contributed by atoms with van der Waals surface area (Å²) in [6.45, 7) is 0.926. The van der Waals surface area contributed by atoms with Gasteiger partial charge in [0.1, 0.15) is 29.9 Å². The van der Waals surface area contributed by atoms with Gasteiger partial charge in [-0.1, -0.05) is 35.9 Å². The Bertz CT molecular complexity index is 1170. The van der Waals surface area contributed by atoms with E-state index in [0.717, 1.165) is 5.56 Å². The lowest BCUT2D eigenvalue weighted by Crippen LogP contribution is -2.14. The first-order valence-corrected chi connectivity index (χ1v) is 9.44. The smallest absolute Gasteiger partial charge is 0.206 e. The summed E-state index contributed by atoms with van der Waals surface area (Å²) in [6.07, 6.45) is 3.24. The molecule has 0 aliphatic carbocycles. The molecular formula is C21H15ClFN5O. The molecule has 144 valence electrons. The van der Waals surface area contributed by atoms with Crippen molar-refractivity contribution in [3.63, 3.8) is 0 Å². The lowest BCUT2D eigenvalue weighted by atomic mass is 10.1. The number of imidazole rings is 1. The fourth-order valence-electron chi connectivity index (χ4n) is 3.21. The van der Waals surface area contributed by atoms with Gasteiger partial charge in [0.15, 0.2) is 5.82 Å². The molecule has 0 amide bonds. The third-order valence-corrected chi connectivity index (χ3v) is 4.93. The molecule has 8 heteroatoms. The molecule has 2 aromatic carbocycles. The maximum Gasteiger partial charge on any atom is 0.206 e. The molecular weight excluding hydrogens is 393 g/mol. The van der Waals surface area contributed by atoms with Crippen LogP contribution < -0.4 is 0 Å². The van der Waals surface area contributed by atoms with Crippen molar-refractivity contribution in [3.8, 4) is 22.8 Å². The average molecular weight is 408 g/mol. The van der Waals surface area contributed by atoms with Gasteiger partial charge in [0.05, 0.1) is 24.5 Å². The van der Waals surface area contributed by atoms with E-state index >= 15 is 0 Å². The zero-order valence-electron chi connectivity index (χ0n) is 15.2. The van der Waals surface area contributed by atoms with Crippen LogP contribution in [-0.2, 0) is 11.3 Å². The van der Waals surface area contributed by atoms with E-state index in [9.17, 15) is 4.39 Å². The zero-order valence-corrected chi connectivity index (χ0v) is 15.9. The van der Waals surface area contributed by atoms with Crippen LogP contribution >= 0.6 is 11.6 Å². The lowest BCUT2D eigenvalue weighted by Gasteiger charge is -2.12. The molecule has 0 aromatic heterocycles. The van der Waals surface area contributed by atoms with Crippen molar-refractivity contribution in [2.24, 2.45) is 4.99 Å². The summed E-state index contributed by atoms with van der Waals surface area (Å²) in [5, 5.41) is 5.04. The third-order valence-electron chi connectivity index (χ3n) is 4.68. The molecule has 0 saturated carbocycles. The fraction of sp³-hybridized carbons (Fsp3) is 0.143. The fourth-order valence-corrected chi connectivity index (χ4v) is 3.34. The SMILES string of the molecule is Fc1ccccc1-c1nc2cnn(CC3=NCC(c4ccc(Cl)cc4)O3)cc-2n1. The van der Waals surface area contributed by atoms with Crippen LogP contribution in [0.5, 0.6) is 0 Å². The Morgan fingerprint density at radius 1 is 1.07 bits per heavy atom. The summed E-state index contributed by atoms with van der Waals surface area (Å²) >= 11 is 5.94. The maximum absolute atomic E-state index is 14.0. The second kappa shape index (κ2) is 7.25. The highest BCUT2D eigenvalue weighted by Crippen LogP contribution is 2.27. The summed E-state index contributed by atoms with van der Waals surface area (Å²) in [5.41, 5.74) is 2.63. The lowest BCUT2D eigenvalue weighted by molar-refractivity contribution is 0.221. The molecule has 0 saturated heterocycles. The van der Waals surface area contributed by atoms with E-state index in [0.29, 0.717) is 46.8 Å². The Labute approximate surface area is 171 Å². The number of fused-ring (bicyclic) bond motifs is 1. The van der Waals surface area contributed by atoms with Crippen LogP contribution in [-0.4, -0.2) is 32.2 Å². The monoisotopic (exact) mass is 407 g/mol. The van der Waals surface area contributed by atoms with Gasteiger partial charge in [-0.2, -0.15) is 5.10 Å². The number of nitrogens with zero attached hydrogens (tertiary/aromatic N) is 5. The number of hydrogen-bond donors (Lipinski definition) is 0. The van der Waals surface area contributed by atoms with Crippen LogP contribution in [0.1, 0.15) is 11.7 Å². The highest BCUT2D eigenvalue weighted by molar-refractivity contribution is 6.30. The number of aliphatic imine (C=N–C) groups is 1. The molecule has 0 radical (unpaired) electrons. The van der Waals surface area contributed by atoms with Crippen LogP contribution in [0.25, 0.3) is 22.8 Å². The Morgan fingerprint density at radius 3 is 2.69 bits per heavy atom. The van der Waals surface area contributed by atoms with Gasteiger partial charge in [-0.05, 0) is 29.8 Å². The molecule has 2 aromatic rings. The van der Waals surface area contributed by atoms with E-state index in [1.165, 1.54) is 6.07 Å². The second-order valence-corrected chi connectivity index (χ2v) is 7.10. The second-order valence-electron chi connectivity index (χ2n) is 6.66. The minimum absolute atomic E-state index is 0.127. The van der Waals surface area contributed by atoms with Gasteiger partial charge in [0.2, 0.25) is 5.90 Å². The van der Waals surface area contributed by atoms with Gasteiger partial charge >= 0.3 is 0 Å². The van der Waals surface area contributed by atoms with Crippen LogP contribution in [0.3, 0.4) is 0 Å². The van der Waals surface area contributed by atoms with Gasteiger partial charge in [-0.25, -0.2) is 19.4 Å². The molecule has 3 aliphatic rings. The predicted octanol–water partition coefficient (Wildman–Crippen LogP) is 4.41. The summed E-state index contributed by atoms with van der Waals surface area (Å²) in [5.74, 6) is 0.580. The van der Waals surface area contributed by atoms with Crippen molar-refractivity contribution in [2.75, 3.05) is 6.54 Å². The van der Waals surface area contributed by atoms with Crippen molar-refractivity contribution in [3.05, 3.63) is 77.3 Å². The Kier molecular flexibility index (Phi) is 4.44. The topological polar surface area (TPSA) is 65.2 Å². The van der Waals surface area contributed by atoms with E-state index in [1.54, 1.807) is 35.3 Å². The standard InChI is InChI=1S/C21H15ClFN5O/c22-14-7-5-13(6-8-14)19-10-24-20(29-19)12-28-11-18-17(9-25-28)26-21(27-18)15-3-1-2-4-16(15)23/h1-9,11,19H,10,12H2. The van der Waals surface area contributed by atoms with Crippen LogP contribution in [0.2, 0.25) is 5.02 Å². The third kappa shape index (κ3) is 3.56. The molecule has 1 unspecified atom stereocenters. The largest absolute Gasteiger partial charge is 0.469 e. The van der Waals surface area contributed by atoms with Crippen molar-refractivity contribution in [2.45, 2.75) is 12.6 Å². The van der Waals surface area contributed by atoms with Gasteiger partial charge in [0.25, 0.3) is 0 Å². The van der Waals surface area contributed by atoms with Gasteiger partial charge in [0, 0.05) is 5.02 Å². The molecule has 3 aliphatic heterocycles. The molecule has 0 fully saturated rings. The first-order chi connectivity index (χ1) is 14.2. The number of ether oxygens (including phenoxy) is 1. The van der Waals surface area contributed by atoms with Crippen molar-refractivity contribution < 1.29 is 9.13 Å². The van der Waals surface area contributed by atoms with Gasteiger partial charge in [-0.3, -0.25) is 4.68 Å². The molecule has 0 bridgehead atoms. The average Bonchev–Trinajstić information content (AvgIpc) is 3.35. The number of rotatable bonds is 4. The minimum atomic E-state index is -0.356. The summed E-state index contributed by atoms with van der Waals surface area (Å²) < 4.78 is 21.7. The van der Waals surface area contributed by atoms with Crippen LogP contribution in [0, 0.1) is 5.82 Å². The quantitative estimate of drug-likeness (QED) is 0.502. The summed E-state index contributed by atoms with van der Waals surface area (Å²) in [4.78, 5) is 13.3. The van der Waals surface area contributed by atoms with Gasteiger partial charge < -0.3 is 4.74 Å². The first-order valence-electron chi connectivity index (χ1n) is 9.06. The zero-order chi connectivity index (χ0) is 19.8. The number of aromatic nitrogens is 4. The normalized spacial score (nSPS) is 16.1. The van der Waals surface area contributed by atoms with Crippen molar-refractivity contribution in [1.29, 1.82) is 0 Å². The van der Waals surface area contributed by atoms with E-state index in [1.807, 2.05) is 24.3 Å². The molecule has 3 heterocycles. The Hall–Kier alpha value is -3.32. The molecule has 29 heavy (non-hydrogen) atoms. The van der Waals surface area contributed by atoms with E-state index in [4.69, 9.17) is 16.3 Å². The Balaban J connectivity index is 1.33. The minimum Gasteiger partial charge on any atom is -0.469 e. The van der Waals surface area contributed by atoms with E-state index in [-0.39, 0.29) is 11.9 Å². The number of halogens is 2. The van der Waals surface area contributed by atoms with E-state index < -0.39 is 0 Å². The highest BCUT2D eigenvalue weighted by Gasteiger charge is 2.22. The highest BCUT2D eigenvalue weighted by atomic mass is 35.5. The number of benzene rings is 2. The molecule has 1 atom stereocenters. The molecule has 0 N–H and O–H groups in total. The molecule has 0 spiro atoms. The molecule has 6 nitrogen and oxygen atoms in total. The summed E-state index contributed by atoms with van der Waals surface area (Å²) in [6, 6.07) is 14.0. The molecule has 5 rings (SSSR count). The van der Waals surface area contributed by atoms with Crippen LogP contribution in [0.15, 0.2) is 65.9 Å². The van der Waals surface area contributed by atoms with Gasteiger partial charge in [-0.15, -0.1) is 0 Å². The maximum atomic E-state index is 14.0. The number of hydrogen-bond acceptors (Lipinski definition) is 5. The summed E-state index contributed by atoms with van der Waals surface area (Å²) in [7, 11) is 0. The Morgan fingerprint density at radius 2 is 1.86 bits per heavy atom. The van der Waals surface area contributed by atoms with Crippen molar-refractivity contribution in [1.82, 2.24) is 19.7 Å². The van der Waals surface area contributed by atoms with Crippen LogP contribution in [0.4, 0.5) is 4.39 Å². The van der Waals surface area contributed by atoms with E-state index in [2.05, 4.69) is 20.1 Å². The predicted molar refractivity (Wildman–Crippen MR) is 107 cm³/mol. The van der Waals surface area contributed by atoms with Crippen molar-refractivity contribution >= 4 is 17.5 Å².